The molecule has 1 aliphatic heterocycles. The van der Waals surface area contributed by atoms with Crippen LogP contribution in [0.5, 0.6) is 5.75 Å². The lowest BCUT2D eigenvalue weighted by atomic mass is 10.0. The summed E-state index contributed by atoms with van der Waals surface area (Å²) in [6.45, 7) is 4.38. The van der Waals surface area contributed by atoms with Gasteiger partial charge in [0.05, 0.1) is 18.0 Å². The van der Waals surface area contributed by atoms with Gasteiger partial charge in [-0.2, -0.15) is 0 Å². The summed E-state index contributed by atoms with van der Waals surface area (Å²) < 4.78 is 23.4. The highest BCUT2D eigenvalue weighted by molar-refractivity contribution is 5.97. The van der Waals surface area contributed by atoms with Crippen molar-refractivity contribution in [2.45, 2.75) is 89.6 Å². The van der Waals surface area contributed by atoms with E-state index in [0.29, 0.717) is 23.5 Å². The number of rotatable bonds is 13. The number of fused-ring (bicyclic) bond motifs is 1. The number of ether oxygens (including phenoxy) is 1. The van der Waals surface area contributed by atoms with E-state index in [9.17, 15) is 14.7 Å². The van der Waals surface area contributed by atoms with Gasteiger partial charge in [-0.25, -0.2) is 9.18 Å². The van der Waals surface area contributed by atoms with Crippen molar-refractivity contribution >= 4 is 22.6 Å². The topological polar surface area (TPSA) is 83.8 Å². The largest absolute Gasteiger partial charge is 0.492 e. The second-order valence-corrected chi connectivity index (χ2v) is 10.3. The molecular formula is C28H40FN3O4. The van der Waals surface area contributed by atoms with Gasteiger partial charge in [-0.15, -0.1) is 0 Å². The standard InChI is InChI=1S/C28H40FN3O4/c1-3-4-5-6-7-8-9-10-11-20-17-30-14-15-31(20)25-23(29)16-21-24(27(25)36-2)32(19-12-13-19)18-22(26(21)33)28(34)35/h16,18-20,30H,3-15,17H2,1-2H3,(H,34,35). The van der Waals surface area contributed by atoms with E-state index in [-0.39, 0.29) is 23.0 Å². The molecule has 1 aliphatic carbocycles. The van der Waals surface area contributed by atoms with Crippen molar-refractivity contribution in [1.82, 2.24) is 9.88 Å². The van der Waals surface area contributed by atoms with Crippen molar-refractivity contribution in [2.75, 3.05) is 31.6 Å². The first-order valence-corrected chi connectivity index (χ1v) is 13.6. The number of piperazine rings is 1. The maximum atomic E-state index is 15.7. The van der Waals surface area contributed by atoms with Crippen LogP contribution in [0.15, 0.2) is 17.1 Å². The monoisotopic (exact) mass is 501 g/mol. The molecule has 1 unspecified atom stereocenters. The van der Waals surface area contributed by atoms with Gasteiger partial charge < -0.3 is 24.6 Å². The third kappa shape index (κ3) is 5.69. The zero-order valence-electron chi connectivity index (χ0n) is 21.7. The zero-order chi connectivity index (χ0) is 25.7. The van der Waals surface area contributed by atoms with Crippen molar-refractivity contribution in [3.8, 4) is 5.75 Å². The molecule has 0 radical (unpaired) electrons. The molecule has 198 valence electrons. The molecule has 2 aromatic rings. The van der Waals surface area contributed by atoms with Gasteiger partial charge >= 0.3 is 5.97 Å². The highest BCUT2D eigenvalue weighted by Gasteiger charge is 2.33. The summed E-state index contributed by atoms with van der Waals surface area (Å²) in [5.74, 6) is -1.51. The van der Waals surface area contributed by atoms with E-state index in [1.54, 1.807) is 0 Å². The quantitative estimate of drug-likeness (QED) is 0.353. The van der Waals surface area contributed by atoms with Crippen molar-refractivity contribution in [3.05, 3.63) is 33.9 Å². The summed E-state index contributed by atoms with van der Waals surface area (Å²) in [5, 5.41) is 13.1. The SMILES string of the molecule is CCCCCCCCCCC1CNCCN1c1c(F)cc2c(=O)c(C(=O)O)cn(C3CC3)c2c1OC. The Morgan fingerprint density at radius 1 is 1.17 bits per heavy atom. The molecule has 1 aromatic heterocycles. The van der Waals surface area contributed by atoms with Gasteiger partial charge in [-0.05, 0) is 25.3 Å². The molecular weight excluding hydrogens is 461 g/mol. The van der Waals surface area contributed by atoms with Gasteiger partial charge in [0.2, 0.25) is 5.43 Å². The Morgan fingerprint density at radius 2 is 1.86 bits per heavy atom. The number of nitrogens with one attached hydrogen (secondary N) is 1. The second kappa shape index (κ2) is 12.1. The Kier molecular flexibility index (Phi) is 8.88. The number of carboxylic acids is 1. The molecule has 1 saturated heterocycles. The number of carboxylic acid groups (broad SMARTS) is 1. The Labute approximate surface area is 212 Å². The number of methoxy groups -OCH3 is 1. The van der Waals surface area contributed by atoms with Gasteiger partial charge in [-0.1, -0.05) is 58.3 Å². The van der Waals surface area contributed by atoms with Crippen LogP contribution < -0.4 is 20.4 Å². The first kappa shape index (κ1) is 26.5. The molecule has 7 nitrogen and oxygen atoms in total. The van der Waals surface area contributed by atoms with E-state index in [1.807, 2.05) is 4.57 Å². The molecule has 2 aliphatic rings. The summed E-state index contributed by atoms with van der Waals surface area (Å²) >= 11 is 0. The predicted molar refractivity (Wildman–Crippen MR) is 141 cm³/mol. The van der Waals surface area contributed by atoms with Gasteiger partial charge in [0.1, 0.15) is 11.3 Å². The smallest absolute Gasteiger partial charge is 0.341 e. The fourth-order valence-corrected chi connectivity index (χ4v) is 5.52. The summed E-state index contributed by atoms with van der Waals surface area (Å²) in [5.41, 5.74) is -0.129. The maximum Gasteiger partial charge on any atom is 0.341 e. The number of benzene rings is 1. The van der Waals surface area contributed by atoms with Crippen LogP contribution in [0.2, 0.25) is 0 Å². The average molecular weight is 502 g/mol. The molecule has 0 bridgehead atoms. The normalized spacial score (nSPS) is 18.1. The van der Waals surface area contributed by atoms with Crippen LogP contribution in [-0.2, 0) is 0 Å². The van der Waals surface area contributed by atoms with Crippen LogP contribution >= 0.6 is 0 Å². The number of nitrogens with zero attached hydrogens (tertiary/aromatic N) is 2. The third-order valence-electron chi connectivity index (χ3n) is 7.60. The molecule has 36 heavy (non-hydrogen) atoms. The van der Waals surface area contributed by atoms with Crippen molar-refractivity contribution in [2.24, 2.45) is 0 Å². The van der Waals surface area contributed by atoms with Crippen LogP contribution in [0, 0.1) is 5.82 Å². The Bertz CT molecular complexity index is 1130. The number of aromatic carboxylic acids is 1. The molecule has 8 heteroatoms. The minimum absolute atomic E-state index is 0.0645. The van der Waals surface area contributed by atoms with Crippen molar-refractivity contribution < 1.29 is 19.0 Å². The minimum Gasteiger partial charge on any atom is -0.492 e. The molecule has 1 atom stereocenters. The van der Waals surface area contributed by atoms with Crippen LogP contribution in [0.25, 0.3) is 10.9 Å². The molecule has 2 N–H and O–H groups in total. The average Bonchev–Trinajstić information content (AvgIpc) is 3.71. The van der Waals surface area contributed by atoms with E-state index in [4.69, 9.17) is 4.74 Å². The fraction of sp³-hybridized carbons (Fsp3) is 0.643. The number of hydrogen-bond donors (Lipinski definition) is 2. The lowest BCUT2D eigenvalue weighted by Gasteiger charge is -2.39. The Balaban J connectivity index is 1.62. The van der Waals surface area contributed by atoms with Gasteiger partial charge in [0.25, 0.3) is 0 Å². The van der Waals surface area contributed by atoms with Gasteiger partial charge in [0, 0.05) is 37.9 Å². The third-order valence-corrected chi connectivity index (χ3v) is 7.60. The number of anilines is 1. The van der Waals surface area contributed by atoms with Gasteiger partial charge in [-0.3, -0.25) is 4.79 Å². The van der Waals surface area contributed by atoms with Crippen LogP contribution in [0.1, 0.15) is 94.0 Å². The number of unbranched alkanes of at least 4 members (excludes halogenated alkanes) is 7. The summed E-state index contributed by atoms with van der Waals surface area (Å²) in [6, 6.07) is 1.43. The molecule has 2 fully saturated rings. The Morgan fingerprint density at radius 3 is 2.50 bits per heavy atom. The van der Waals surface area contributed by atoms with Crippen molar-refractivity contribution in [3.63, 3.8) is 0 Å². The zero-order valence-corrected chi connectivity index (χ0v) is 21.7. The van der Waals surface area contributed by atoms with Crippen LogP contribution in [-0.4, -0.2) is 48.4 Å². The van der Waals surface area contributed by atoms with E-state index >= 15 is 4.39 Å². The molecule has 2 heterocycles. The molecule has 1 saturated carbocycles. The number of pyridine rings is 1. The molecule has 0 spiro atoms. The maximum absolute atomic E-state index is 15.7. The summed E-state index contributed by atoms with van der Waals surface area (Å²) in [7, 11) is 1.50. The van der Waals surface area contributed by atoms with Crippen molar-refractivity contribution in [1.29, 1.82) is 0 Å². The number of aromatic nitrogens is 1. The van der Waals surface area contributed by atoms with E-state index < -0.39 is 17.2 Å². The summed E-state index contributed by atoms with van der Waals surface area (Å²) in [4.78, 5) is 26.8. The van der Waals surface area contributed by atoms with E-state index in [1.165, 1.54) is 64.3 Å². The fourth-order valence-electron chi connectivity index (χ4n) is 5.52. The molecule has 0 amide bonds. The van der Waals surface area contributed by atoms with E-state index in [2.05, 4.69) is 17.1 Å². The van der Waals surface area contributed by atoms with Crippen LogP contribution in [0.3, 0.4) is 0 Å². The summed E-state index contributed by atoms with van der Waals surface area (Å²) in [6.07, 6.45) is 14.1. The lowest BCUT2D eigenvalue weighted by molar-refractivity contribution is 0.0694. The lowest BCUT2D eigenvalue weighted by Crippen LogP contribution is -2.51. The predicted octanol–water partition coefficient (Wildman–Crippen LogP) is 5.49. The number of hydrogen-bond acceptors (Lipinski definition) is 5. The van der Waals surface area contributed by atoms with Crippen LogP contribution in [0.4, 0.5) is 10.1 Å². The number of carbonyl (C=O) groups is 1. The highest BCUT2D eigenvalue weighted by Crippen LogP contribution is 2.44. The van der Waals surface area contributed by atoms with E-state index in [0.717, 1.165) is 38.8 Å². The molecule has 4 rings (SSSR count). The number of halogens is 1. The first-order valence-electron chi connectivity index (χ1n) is 13.6. The highest BCUT2D eigenvalue weighted by atomic mass is 19.1. The Hall–Kier alpha value is -2.61. The second-order valence-electron chi connectivity index (χ2n) is 10.3. The molecule has 1 aromatic carbocycles. The minimum atomic E-state index is -1.30. The van der Waals surface area contributed by atoms with Gasteiger partial charge in [0.15, 0.2) is 11.6 Å². The first-order chi connectivity index (χ1) is 17.5.